The molecule has 0 aliphatic rings. The summed E-state index contributed by atoms with van der Waals surface area (Å²) in [4.78, 5) is 29.8. The second-order valence-corrected chi connectivity index (χ2v) is 10.7. The highest BCUT2D eigenvalue weighted by atomic mass is 79.9. The smallest absolute Gasteiger partial charge is 0.239 e. The first kappa shape index (κ1) is 26.9. The minimum Gasteiger partial charge on any atom is -0.368 e. The zero-order valence-electron chi connectivity index (χ0n) is 20.1. The van der Waals surface area contributed by atoms with E-state index < -0.39 is 11.9 Å². The fourth-order valence-electron chi connectivity index (χ4n) is 3.82. The lowest BCUT2D eigenvalue weighted by Gasteiger charge is -2.14. The van der Waals surface area contributed by atoms with E-state index in [4.69, 9.17) is 5.73 Å². The van der Waals surface area contributed by atoms with Crippen molar-refractivity contribution in [2.24, 2.45) is 5.73 Å². The summed E-state index contributed by atoms with van der Waals surface area (Å²) in [5.41, 5.74) is 8.87. The van der Waals surface area contributed by atoms with E-state index in [0.717, 1.165) is 52.7 Å². The Morgan fingerprint density at radius 2 is 1.77 bits per heavy atom. The Hall–Kier alpha value is -2.71. The number of benzene rings is 2. The topological polar surface area (TPSA) is 97.1 Å². The SMILES string of the molecule is Cc1sc(N[C@H](CCCCNC(=O)CCCCc2ccccc2)C(N)=O)nc1-c1ccc(Br)cc1. The normalized spacial score (nSPS) is 11.7. The van der Waals surface area contributed by atoms with Gasteiger partial charge >= 0.3 is 0 Å². The van der Waals surface area contributed by atoms with Crippen molar-refractivity contribution >= 4 is 44.2 Å². The molecule has 3 rings (SSSR count). The molecule has 8 heteroatoms. The van der Waals surface area contributed by atoms with Gasteiger partial charge in [-0.3, -0.25) is 9.59 Å². The summed E-state index contributed by atoms with van der Waals surface area (Å²) in [6, 6.07) is 17.8. The highest BCUT2D eigenvalue weighted by molar-refractivity contribution is 9.10. The molecule has 0 saturated carbocycles. The number of unbranched alkanes of at least 4 members (excludes halogenated alkanes) is 2. The monoisotopic (exact) mass is 556 g/mol. The standard InChI is InChI=1S/C27H33BrN4O2S/c1-19-25(21-14-16-22(28)17-15-21)32-27(35-19)31-23(26(29)34)12-7-8-18-30-24(33)13-6-5-11-20-9-3-2-4-10-20/h2-4,9-10,14-17,23H,5-8,11-13,18H2,1H3,(H2,29,34)(H,30,33)(H,31,32)/t23-/m1/s1. The maximum atomic E-state index is 12.1. The molecule has 0 unspecified atom stereocenters. The van der Waals surface area contributed by atoms with E-state index in [1.54, 1.807) is 0 Å². The van der Waals surface area contributed by atoms with Crippen molar-refractivity contribution in [1.29, 1.82) is 0 Å². The van der Waals surface area contributed by atoms with Gasteiger partial charge in [-0.1, -0.05) is 58.4 Å². The molecule has 0 saturated heterocycles. The zero-order chi connectivity index (χ0) is 25.0. The van der Waals surface area contributed by atoms with Crippen LogP contribution in [0.5, 0.6) is 0 Å². The van der Waals surface area contributed by atoms with Crippen LogP contribution in [0.4, 0.5) is 5.13 Å². The van der Waals surface area contributed by atoms with Crippen molar-refractivity contribution in [3.63, 3.8) is 0 Å². The first-order valence-corrected chi connectivity index (χ1v) is 13.6. The average Bonchev–Trinajstić information content (AvgIpc) is 3.21. The van der Waals surface area contributed by atoms with Crippen LogP contribution < -0.4 is 16.4 Å². The highest BCUT2D eigenvalue weighted by Gasteiger charge is 2.18. The van der Waals surface area contributed by atoms with Gasteiger partial charge in [0, 0.05) is 27.9 Å². The van der Waals surface area contributed by atoms with Crippen LogP contribution in [-0.4, -0.2) is 29.4 Å². The van der Waals surface area contributed by atoms with Crippen molar-refractivity contribution in [2.45, 2.75) is 57.9 Å². The molecular weight excluding hydrogens is 524 g/mol. The average molecular weight is 558 g/mol. The molecule has 0 radical (unpaired) electrons. The molecule has 1 aromatic heterocycles. The van der Waals surface area contributed by atoms with Crippen molar-refractivity contribution in [2.75, 3.05) is 11.9 Å². The highest BCUT2D eigenvalue weighted by Crippen LogP contribution is 2.31. The number of hydrogen-bond donors (Lipinski definition) is 3. The van der Waals surface area contributed by atoms with Crippen molar-refractivity contribution < 1.29 is 9.59 Å². The lowest BCUT2D eigenvalue weighted by atomic mass is 10.1. The van der Waals surface area contributed by atoms with Crippen LogP contribution in [0.1, 0.15) is 49.0 Å². The molecule has 186 valence electrons. The maximum Gasteiger partial charge on any atom is 0.239 e. The Balaban J connectivity index is 1.35. The molecule has 2 aromatic carbocycles. The second kappa shape index (κ2) is 14.0. The van der Waals surface area contributed by atoms with Crippen LogP contribution in [0, 0.1) is 6.92 Å². The number of nitrogens with two attached hydrogens (primary N) is 1. The quantitative estimate of drug-likeness (QED) is 0.217. The van der Waals surface area contributed by atoms with E-state index in [-0.39, 0.29) is 5.91 Å². The fraction of sp³-hybridized carbons (Fsp3) is 0.370. The summed E-state index contributed by atoms with van der Waals surface area (Å²) in [6.45, 7) is 2.62. The number of carbonyl (C=O) groups is 2. The molecule has 2 amide bonds. The van der Waals surface area contributed by atoms with Crippen LogP contribution in [0.15, 0.2) is 59.1 Å². The molecule has 0 fully saturated rings. The van der Waals surface area contributed by atoms with Gasteiger partial charge < -0.3 is 16.4 Å². The van der Waals surface area contributed by atoms with E-state index in [0.29, 0.717) is 24.5 Å². The molecule has 0 aliphatic heterocycles. The molecular formula is C27H33BrN4O2S. The van der Waals surface area contributed by atoms with E-state index in [2.05, 4.69) is 43.7 Å². The van der Waals surface area contributed by atoms with Gasteiger partial charge in [-0.05, 0) is 63.1 Å². The van der Waals surface area contributed by atoms with Gasteiger partial charge in [0.25, 0.3) is 0 Å². The number of nitrogens with one attached hydrogen (secondary N) is 2. The Morgan fingerprint density at radius 3 is 2.49 bits per heavy atom. The van der Waals surface area contributed by atoms with Gasteiger partial charge in [-0.25, -0.2) is 4.98 Å². The van der Waals surface area contributed by atoms with E-state index >= 15 is 0 Å². The Bertz CT molecular complexity index is 1090. The number of halogens is 1. The number of aryl methyl sites for hydroxylation is 2. The van der Waals surface area contributed by atoms with Crippen molar-refractivity contribution in [3.05, 3.63) is 69.5 Å². The first-order chi connectivity index (χ1) is 16.9. The van der Waals surface area contributed by atoms with Crippen molar-refractivity contribution in [3.8, 4) is 11.3 Å². The van der Waals surface area contributed by atoms with Gasteiger partial charge in [-0.2, -0.15) is 0 Å². The Kier molecular flexibility index (Phi) is 10.8. The first-order valence-electron chi connectivity index (χ1n) is 12.0. The van der Waals surface area contributed by atoms with Gasteiger partial charge in [0.1, 0.15) is 6.04 Å². The van der Waals surface area contributed by atoms with Crippen LogP contribution >= 0.6 is 27.3 Å². The Labute approximate surface area is 219 Å². The summed E-state index contributed by atoms with van der Waals surface area (Å²) in [7, 11) is 0. The Morgan fingerprint density at radius 1 is 1.03 bits per heavy atom. The molecule has 35 heavy (non-hydrogen) atoms. The fourth-order valence-corrected chi connectivity index (χ4v) is 4.97. The van der Waals surface area contributed by atoms with Crippen LogP contribution in [-0.2, 0) is 16.0 Å². The number of carbonyl (C=O) groups excluding carboxylic acids is 2. The van der Waals surface area contributed by atoms with E-state index in [1.807, 2.05) is 49.4 Å². The number of primary amides is 1. The third-order valence-corrected chi connectivity index (χ3v) is 7.19. The van der Waals surface area contributed by atoms with E-state index in [1.165, 1.54) is 16.9 Å². The molecule has 0 bridgehead atoms. The van der Waals surface area contributed by atoms with Crippen LogP contribution in [0.25, 0.3) is 11.3 Å². The van der Waals surface area contributed by atoms with Gasteiger partial charge in [0.05, 0.1) is 5.69 Å². The minimum absolute atomic E-state index is 0.0846. The number of rotatable bonds is 14. The predicted molar refractivity (Wildman–Crippen MR) is 147 cm³/mol. The third-order valence-electron chi connectivity index (χ3n) is 5.76. The molecule has 1 atom stereocenters. The zero-order valence-corrected chi connectivity index (χ0v) is 22.5. The summed E-state index contributed by atoms with van der Waals surface area (Å²) < 4.78 is 1.01. The summed E-state index contributed by atoms with van der Waals surface area (Å²) >= 11 is 4.97. The molecule has 3 aromatic rings. The van der Waals surface area contributed by atoms with Crippen LogP contribution in [0.2, 0.25) is 0 Å². The number of amides is 2. The molecule has 4 N–H and O–H groups in total. The molecule has 0 spiro atoms. The lowest BCUT2D eigenvalue weighted by Crippen LogP contribution is -2.35. The predicted octanol–water partition coefficient (Wildman–Crippen LogP) is 5.85. The lowest BCUT2D eigenvalue weighted by molar-refractivity contribution is -0.121. The summed E-state index contributed by atoms with van der Waals surface area (Å²) in [5, 5.41) is 6.87. The number of hydrogen-bond acceptors (Lipinski definition) is 5. The number of anilines is 1. The van der Waals surface area contributed by atoms with Gasteiger partial charge in [0.15, 0.2) is 5.13 Å². The third kappa shape index (κ3) is 9.11. The van der Waals surface area contributed by atoms with Crippen molar-refractivity contribution in [1.82, 2.24) is 10.3 Å². The largest absolute Gasteiger partial charge is 0.368 e. The number of thiazole rings is 1. The minimum atomic E-state index is -0.494. The summed E-state index contributed by atoms with van der Waals surface area (Å²) in [6.07, 6.45) is 5.59. The van der Waals surface area contributed by atoms with Gasteiger partial charge in [-0.15, -0.1) is 11.3 Å². The molecule has 0 aliphatic carbocycles. The van der Waals surface area contributed by atoms with E-state index in [9.17, 15) is 9.59 Å². The molecule has 1 heterocycles. The number of nitrogens with zero attached hydrogens (tertiary/aromatic N) is 1. The van der Waals surface area contributed by atoms with Crippen LogP contribution in [0.3, 0.4) is 0 Å². The van der Waals surface area contributed by atoms with Gasteiger partial charge in [0.2, 0.25) is 11.8 Å². The summed E-state index contributed by atoms with van der Waals surface area (Å²) in [5.74, 6) is -0.313. The number of aromatic nitrogens is 1. The molecule has 6 nitrogen and oxygen atoms in total. The second-order valence-electron chi connectivity index (χ2n) is 8.57. The maximum absolute atomic E-state index is 12.1.